The fourth-order valence-electron chi connectivity index (χ4n) is 3.08. The topological polar surface area (TPSA) is 52.7 Å². The maximum atomic E-state index is 12.7. The second-order valence-electron chi connectivity index (χ2n) is 5.67. The zero-order valence-corrected chi connectivity index (χ0v) is 12.4. The molecule has 1 fully saturated rings. The minimum atomic E-state index is 0.0736. The lowest BCUT2D eigenvalue weighted by Crippen LogP contribution is -2.50. The van der Waals surface area contributed by atoms with Crippen LogP contribution in [0.15, 0.2) is 18.2 Å². The number of hydrogen-bond acceptors (Lipinski definition) is 3. The number of nitrogens with one attached hydrogen (secondary N) is 1. The van der Waals surface area contributed by atoms with Gasteiger partial charge in [-0.1, -0.05) is 12.1 Å². The lowest BCUT2D eigenvalue weighted by molar-refractivity contribution is -0.130. The van der Waals surface area contributed by atoms with Crippen molar-refractivity contribution in [1.29, 1.82) is 0 Å². The Kier molecular flexibility index (Phi) is 3.82. The van der Waals surface area contributed by atoms with E-state index in [4.69, 9.17) is 0 Å². The number of fused-ring (bicyclic) bond motifs is 1. The molecule has 0 radical (unpaired) electrons. The molecule has 0 atom stereocenters. The van der Waals surface area contributed by atoms with Gasteiger partial charge in [0.2, 0.25) is 5.91 Å². The highest BCUT2D eigenvalue weighted by atomic mass is 16.2. The fraction of sp³-hybridized carbons (Fsp3) is 0.500. The minimum Gasteiger partial charge on any atom is -0.384 e. The summed E-state index contributed by atoms with van der Waals surface area (Å²) in [6.07, 6.45) is 2.14. The van der Waals surface area contributed by atoms with Crippen molar-refractivity contribution in [2.24, 2.45) is 0 Å². The van der Waals surface area contributed by atoms with E-state index >= 15 is 0 Å². The molecular weight excluding hydrogens is 266 g/mol. The van der Waals surface area contributed by atoms with E-state index in [1.807, 2.05) is 17.0 Å². The number of hydrogen-bond donors (Lipinski definition) is 1. The van der Waals surface area contributed by atoms with Crippen LogP contribution in [-0.4, -0.2) is 54.3 Å². The first kappa shape index (κ1) is 13.9. The van der Waals surface area contributed by atoms with Crippen LogP contribution in [0, 0.1) is 0 Å². The molecule has 21 heavy (non-hydrogen) atoms. The van der Waals surface area contributed by atoms with Gasteiger partial charge in [0.1, 0.15) is 0 Å². The van der Waals surface area contributed by atoms with E-state index in [1.54, 1.807) is 11.8 Å². The molecule has 112 valence electrons. The van der Waals surface area contributed by atoms with Gasteiger partial charge in [-0.15, -0.1) is 0 Å². The van der Waals surface area contributed by atoms with Crippen LogP contribution in [0.4, 0.5) is 5.69 Å². The molecule has 2 aliphatic rings. The van der Waals surface area contributed by atoms with Gasteiger partial charge in [0.15, 0.2) is 0 Å². The highest BCUT2D eigenvalue weighted by Gasteiger charge is 2.26. The van der Waals surface area contributed by atoms with E-state index in [2.05, 4.69) is 11.4 Å². The van der Waals surface area contributed by atoms with E-state index < -0.39 is 0 Å². The quantitative estimate of drug-likeness (QED) is 0.848. The molecule has 1 aromatic rings. The summed E-state index contributed by atoms with van der Waals surface area (Å²) < 4.78 is 0. The second-order valence-corrected chi connectivity index (χ2v) is 5.67. The van der Waals surface area contributed by atoms with Gasteiger partial charge >= 0.3 is 0 Å². The van der Waals surface area contributed by atoms with Crippen LogP contribution in [0.25, 0.3) is 0 Å². The molecule has 0 saturated carbocycles. The summed E-state index contributed by atoms with van der Waals surface area (Å²) in [6, 6.07) is 5.95. The van der Waals surface area contributed by atoms with Crippen molar-refractivity contribution in [3.05, 3.63) is 29.3 Å². The summed E-state index contributed by atoms with van der Waals surface area (Å²) >= 11 is 0. The summed E-state index contributed by atoms with van der Waals surface area (Å²) in [5, 5.41) is 3.37. The summed E-state index contributed by atoms with van der Waals surface area (Å²) in [5.41, 5.74) is 3.00. The first-order chi connectivity index (χ1) is 10.2. The maximum Gasteiger partial charge on any atom is 0.256 e. The van der Waals surface area contributed by atoms with Crippen molar-refractivity contribution in [3.63, 3.8) is 0 Å². The van der Waals surface area contributed by atoms with Gasteiger partial charge < -0.3 is 15.1 Å². The third-order valence-electron chi connectivity index (χ3n) is 4.32. The molecule has 2 amide bonds. The fourth-order valence-corrected chi connectivity index (χ4v) is 3.08. The first-order valence-electron chi connectivity index (χ1n) is 7.57. The molecule has 1 aromatic carbocycles. The zero-order valence-electron chi connectivity index (χ0n) is 12.4. The van der Waals surface area contributed by atoms with E-state index in [1.165, 1.54) is 5.56 Å². The smallest absolute Gasteiger partial charge is 0.256 e. The Balaban J connectivity index is 1.76. The van der Waals surface area contributed by atoms with E-state index in [-0.39, 0.29) is 11.8 Å². The first-order valence-corrected chi connectivity index (χ1v) is 7.57. The Labute approximate surface area is 124 Å². The molecule has 3 rings (SSSR count). The molecule has 0 aromatic heterocycles. The predicted molar refractivity (Wildman–Crippen MR) is 81.4 cm³/mol. The van der Waals surface area contributed by atoms with E-state index in [0.29, 0.717) is 26.2 Å². The van der Waals surface area contributed by atoms with Gasteiger partial charge in [-0.3, -0.25) is 9.59 Å². The van der Waals surface area contributed by atoms with Crippen LogP contribution in [0.5, 0.6) is 0 Å². The van der Waals surface area contributed by atoms with Gasteiger partial charge in [-0.25, -0.2) is 0 Å². The molecular formula is C16H21N3O2. The molecule has 5 nitrogen and oxygen atoms in total. The number of aryl methyl sites for hydroxylation is 1. The van der Waals surface area contributed by atoms with Gasteiger partial charge in [0.05, 0.1) is 11.3 Å². The normalized spacial score (nSPS) is 18.0. The summed E-state index contributed by atoms with van der Waals surface area (Å²) in [6.45, 7) is 4.99. The average molecular weight is 287 g/mol. The molecule has 1 saturated heterocycles. The Morgan fingerprint density at radius 3 is 2.52 bits per heavy atom. The number of amides is 2. The lowest BCUT2D eigenvalue weighted by atomic mass is 9.98. The van der Waals surface area contributed by atoms with E-state index in [0.717, 1.165) is 30.6 Å². The SMILES string of the molecule is CC(=O)N1CCN(C(=O)c2cccc3c2NCCC3)CC1. The average Bonchev–Trinajstić information content (AvgIpc) is 2.53. The minimum absolute atomic E-state index is 0.0736. The van der Waals surface area contributed by atoms with Crippen LogP contribution in [0.3, 0.4) is 0 Å². The zero-order chi connectivity index (χ0) is 14.8. The van der Waals surface area contributed by atoms with Gasteiger partial charge in [0, 0.05) is 39.6 Å². The Hall–Kier alpha value is -2.04. The number of rotatable bonds is 1. The number of para-hydroxylation sites is 1. The van der Waals surface area contributed by atoms with Crippen LogP contribution in [0.2, 0.25) is 0 Å². The number of anilines is 1. The van der Waals surface area contributed by atoms with E-state index in [9.17, 15) is 9.59 Å². The van der Waals surface area contributed by atoms with Crippen molar-refractivity contribution < 1.29 is 9.59 Å². The molecule has 1 N–H and O–H groups in total. The Morgan fingerprint density at radius 2 is 1.81 bits per heavy atom. The standard InChI is InChI=1S/C16H21N3O2/c1-12(20)18-8-10-19(11-9-18)16(21)14-6-2-4-13-5-3-7-17-15(13)14/h2,4,6,17H,3,5,7-11H2,1H3. The van der Waals surface area contributed by atoms with Crippen molar-refractivity contribution >= 4 is 17.5 Å². The summed E-state index contributed by atoms with van der Waals surface area (Å²) in [5.74, 6) is 0.158. The third-order valence-corrected chi connectivity index (χ3v) is 4.32. The second kappa shape index (κ2) is 5.76. The van der Waals surface area contributed by atoms with Crippen LogP contribution >= 0.6 is 0 Å². The molecule has 2 heterocycles. The van der Waals surface area contributed by atoms with Crippen molar-refractivity contribution in [1.82, 2.24) is 9.80 Å². The molecule has 5 heteroatoms. The molecule has 0 bridgehead atoms. The number of benzene rings is 1. The predicted octanol–water partition coefficient (Wildman–Crippen LogP) is 1.35. The largest absolute Gasteiger partial charge is 0.384 e. The number of carbonyl (C=O) groups is 2. The van der Waals surface area contributed by atoms with Crippen molar-refractivity contribution in [2.45, 2.75) is 19.8 Å². The number of nitrogens with zero attached hydrogens (tertiary/aromatic N) is 2. The Bertz CT molecular complexity index is 563. The maximum absolute atomic E-state index is 12.7. The van der Waals surface area contributed by atoms with Crippen LogP contribution in [-0.2, 0) is 11.2 Å². The summed E-state index contributed by atoms with van der Waals surface area (Å²) in [7, 11) is 0. The van der Waals surface area contributed by atoms with Gasteiger partial charge in [-0.2, -0.15) is 0 Å². The molecule has 0 aliphatic carbocycles. The highest BCUT2D eigenvalue weighted by molar-refractivity contribution is 6.00. The molecule has 0 unspecified atom stereocenters. The van der Waals surface area contributed by atoms with Gasteiger partial charge in [0.25, 0.3) is 5.91 Å². The monoisotopic (exact) mass is 287 g/mol. The van der Waals surface area contributed by atoms with Crippen molar-refractivity contribution in [3.8, 4) is 0 Å². The van der Waals surface area contributed by atoms with Crippen LogP contribution < -0.4 is 5.32 Å². The van der Waals surface area contributed by atoms with Gasteiger partial charge in [-0.05, 0) is 24.5 Å². The lowest BCUT2D eigenvalue weighted by Gasteiger charge is -2.35. The molecule has 0 spiro atoms. The molecule has 2 aliphatic heterocycles. The number of piperazine rings is 1. The van der Waals surface area contributed by atoms with Crippen molar-refractivity contribution in [2.75, 3.05) is 38.0 Å². The summed E-state index contributed by atoms with van der Waals surface area (Å²) in [4.78, 5) is 27.7. The third kappa shape index (κ3) is 2.73. The van der Waals surface area contributed by atoms with Crippen LogP contribution in [0.1, 0.15) is 29.3 Å². The highest BCUT2D eigenvalue weighted by Crippen LogP contribution is 2.27. The number of carbonyl (C=O) groups excluding carboxylic acids is 2. The Morgan fingerprint density at radius 1 is 1.10 bits per heavy atom.